The summed E-state index contributed by atoms with van der Waals surface area (Å²) in [7, 11) is 3.05. The molecule has 0 spiro atoms. The van der Waals surface area contributed by atoms with Crippen molar-refractivity contribution in [2.75, 3.05) is 31.5 Å². The molecule has 0 fully saturated rings. The third-order valence-corrected chi connectivity index (χ3v) is 5.57. The molecular formula is C22H23NO5S. The number of hydrogen-bond acceptors (Lipinski definition) is 6. The smallest absolute Gasteiger partial charge is 0.272 e. The van der Waals surface area contributed by atoms with Crippen LogP contribution in [0.2, 0.25) is 0 Å². The number of benzene rings is 2. The monoisotopic (exact) mass is 413 g/mol. The summed E-state index contributed by atoms with van der Waals surface area (Å²) in [5, 5.41) is 9.25. The third-order valence-electron chi connectivity index (χ3n) is 4.52. The van der Waals surface area contributed by atoms with E-state index in [1.165, 1.54) is 30.9 Å². The van der Waals surface area contributed by atoms with Crippen LogP contribution in [0.4, 0.5) is 5.69 Å². The van der Waals surface area contributed by atoms with Crippen LogP contribution in [-0.4, -0.2) is 43.5 Å². The zero-order valence-electron chi connectivity index (χ0n) is 16.8. The molecule has 2 amide bonds. The Hall–Kier alpha value is -2.77. The van der Waals surface area contributed by atoms with Crippen molar-refractivity contribution in [3.05, 3.63) is 58.0 Å². The number of hydrogen-bond donors (Lipinski definition) is 1. The zero-order chi connectivity index (χ0) is 21.1. The molecule has 1 aliphatic rings. The number of imide groups is 1. The first-order valence-electron chi connectivity index (χ1n) is 9.08. The van der Waals surface area contributed by atoms with Crippen LogP contribution in [0.5, 0.6) is 11.5 Å². The minimum Gasteiger partial charge on any atom is -0.493 e. The lowest BCUT2D eigenvalue weighted by Crippen LogP contribution is -2.31. The van der Waals surface area contributed by atoms with Gasteiger partial charge in [-0.05, 0) is 54.8 Å². The summed E-state index contributed by atoms with van der Waals surface area (Å²) in [6.07, 6.45) is 0. The first-order chi connectivity index (χ1) is 13.9. The van der Waals surface area contributed by atoms with Gasteiger partial charge in [-0.15, -0.1) is 11.8 Å². The Morgan fingerprint density at radius 1 is 0.931 bits per heavy atom. The largest absolute Gasteiger partial charge is 0.493 e. The highest BCUT2D eigenvalue weighted by molar-refractivity contribution is 8.04. The summed E-state index contributed by atoms with van der Waals surface area (Å²) in [6, 6.07) is 10.7. The van der Waals surface area contributed by atoms with Gasteiger partial charge >= 0.3 is 0 Å². The summed E-state index contributed by atoms with van der Waals surface area (Å²) >= 11 is 1.17. The number of amides is 2. The van der Waals surface area contributed by atoms with Gasteiger partial charge in [0.15, 0.2) is 11.5 Å². The number of carbonyl (C=O) groups excluding carboxylic acids is 2. The van der Waals surface area contributed by atoms with Gasteiger partial charge in [0, 0.05) is 5.75 Å². The predicted octanol–water partition coefficient (Wildman–Crippen LogP) is 3.33. The minimum absolute atomic E-state index is 0.0988. The lowest BCUT2D eigenvalue weighted by Gasteiger charge is -2.17. The van der Waals surface area contributed by atoms with Crippen LogP contribution in [0, 0.1) is 13.8 Å². The van der Waals surface area contributed by atoms with E-state index < -0.39 is 5.91 Å². The molecular weight excluding hydrogens is 390 g/mol. The van der Waals surface area contributed by atoms with Crippen molar-refractivity contribution in [3.63, 3.8) is 0 Å². The topological polar surface area (TPSA) is 76.1 Å². The molecule has 6 nitrogen and oxygen atoms in total. The van der Waals surface area contributed by atoms with E-state index in [2.05, 4.69) is 0 Å². The van der Waals surface area contributed by atoms with Gasteiger partial charge in [0.1, 0.15) is 0 Å². The van der Waals surface area contributed by atoms with E-state index in [-0.39, 0.29) is 12.5 Å². The maximum Gasteiger partial charge on any atom is 0.272 e. The molecule has 0 radical (unpaired) electrons. The molecule has 0 saturated carbocycles. The van der Waals surface area contributed by atoms with Gasteiger partial charge in [0.25, 0.3) is 11.8 Å². The Bertz CT molecular complexity index is 978. The molecule has 29 heavy (non-hydrogen) atoms. The second kappa shape index (κ2) is 8.71. The van der Waals surface area contributed by atoms with E-state index in [0.29, 0.717) is 39.0 Å². The number of aliphatic hydroxyl groups is 1. The minimum atomic E-state index is -0.396. The summed E-state index contributed by atoms with van der Waals surface area (Å²) in [5.41, 5.74) is 3.33. The van der Waals surface area contributed by atoms with Gasteiger partial charge in [0.05, 0.1) is 37.0 Å². The van der Waals surface area contributed by atoms with Crippen LogP contribution in [0.25, 0.3) is 5.57 Å². The molecule has 2 aromatic rings. The second-order valence-corrected chi connectivity index (χ2v) is 7.74. The molecule has 0 aliphatic carbocycles. The summed E-state index contributed by atoms with van der Waals surface area (Å²) < 4.78 is 10.6. The summed E-state index contributed by atoms with van der Waals surface area (Å²) in [5.74, 6) is 0.528. The van der Waals surface area contributed by atoms with E-state index in [4.69, 9.17) is 9.47 Å². The number of carbonyl (C=O) groups is 2. The second-order valence-electron chi connectivity index (χ2n) is 6.64. The van der Waals surface area contributed by atoms with Crippen molar-refractivity contribution < 1.29 is 24.2 Å². The maximum absolute atomic E-state index is 13.4. The Kier molecular flexibility index (Phi) is 6.30. The van der Waals surface area contributed by atoms with Gasteiger partial charge in [-0.1, -0.05) is 12.1 Å². The molecule has 152 valence electrons. The van der Waals surface area contributed by atoms with Gasteiger partial charge < -0.3 is 14.6 Å². The first kappa shape index (κ1) is 21.0. The Morgan fingerprint density at radius 3 is 2.17 bits per heavy atom. The normalized spacial score (nSPS) is 14.0. The van der Waals surface area contributed by atoms with Crippen LogP contribution >= 0.6 is 11.8 Å². The Labute approximate surface area is 174 Å². The molecule has 1 aliphatic heterocycles. The molecule has 0 aromatic heterocycles. The van der Waals surface area contributed by atoms with E-state index in [0.717, 1.165) is 11.1 Å². The average molecular weight is 413 g/mol. The summed E-state index contributed by atoms with van der Waals surface area (Å²) in [6.45, 7) is 3.75. The van der Waals surface area contributed by atoms with Gasteiger partial charge in [-0.25, -0.2) is 4.90 Å². The Morgan fingerprint density at radius 2 is 1.59 bits per heavy atom. The predicted molar refractivity (Wildman–Crippen MR) is 114 cm³/mol. The number of rotatable bonds is 7. The molecule has 1 heterocycles. The SMILES string of the molecule is COc1ccc(C2=C(SCCO)C(=O)N(c3cc(C)cc(C)c3)C2=O)cc1OC. The highest BCUT2D eigenvalue weighted by Gasteiger charge is 2.40. The number of methoxy groups -OCH3 is 2. The lowest BCUT2D eigenvalue weighted by atomic mass is 10.1. The number of anilines is 1. The van der Waals surface area contributed by atoms with E-state index in [1.54, 1.807) is 18.2 Å². The number of aliphatic hydroxyl groups excluding tert-OH is 1. The number of thioether (sulfide) groups is 1. The Balaban J connectivity index is 2.12. The molecule has 0 atom stereocenters. The fraction of sp³-hybridized carbons (Fsp3) is 0.273. The van der Waals surface area contributed by atoms with Crippen LogP contribution in [0.1, 0.15) is 16.7 Å². The maximum atomic E-state index is 13.4. The third kappa shape index (κ3) is 4.02. The number of aryl methyl sites for hydroxylation is 2. The van der Waals surface area contributed by atoms with Crippen LogP contribution in [0.15, 0.2) is 41.3 Å². The fourth-order valence-electron chi connectivity index (χ4n) is 3.35. The number of nitrogens with zero attached hydrogens (tertiary/aromatic N) is 1. The van der Waals surface area contributed by atoms with Crippen molar-refractivity contribution in [1.82, 2.24) is 0 Å². The van der Waals surface area contributed by atoms with Gasteiger partial charge in [-0.3, -0.25) is 9.59 Å². The standard InChI is InChI=1S/C22H23NO5S/c1-13-9-14(2)11-16(10-13)23-21(25)19(20(22(23)26)29-8-7-24)15-5-6-17(27-3)18(12-15)28-4/h5-6,9-12,24H,7-8H2,1-4H3. The van der Waals surface area contributed by atoms with Gasteiger partial charge in [0.2, 0.25) is 0 Å². The fourth-order valence-corrected chi connectivity index (χ4v) is 4.21. The van der Waals surface area contributed by atoms with Crippen molar-refractivity contribution >= 4 is 34.8 Å². The highest BCUT2D eigenvalue weighted by atomic mass is 32.2. The molecule has 1 N–H and O–H groups in total. The molecule has 0 bridgehead atoms. The molecule has 7 heteroatoms. The molecule has 0 saturated heterocycles. The molecule has 0 unspecified atom stereocenters. The highest BCUT2D eigenvalue weighted by Crippen LogP contribution is 2.40. The van der Waals surface area contributed by atoms with Crippen molar-refractivity contribution in [3.8, 4) is 11.5 Å². The van der Waals surface area contributed by atoms with E-state index in [1.807, 2.05) is 32.0 Å². The number of ether oxygens (including phenoxy) is 2. The average Bonchev–Trinajstić information content (AvgIpc) is 2.94. The lowest BCUT2D eigenvalue weighted by molar-refractivity contribution is -0.119. The van der Waals surface area contributed by atoms with Gasteiger partial charge in [-0.2, -0.15) is 0 Å². The first-order valence-corrected chi connectivity index (χ1v) is 10.1. The van der Waals surface area contributed by atoms with Crippen molar-refractivity contribution in [2.45, 2.75) is 13.8 Å². The van der Waals surface area contributed by atoms with Crippen LogP contribution < -0.4 is 14.4 Å². The van der Waals surface area contributed by atoms with Crippen molar-refractivity contribution in [2.24, 2.45) is 0 Å². The molecule has 2 aromatic carbocycles. The van der Waals surface area contributed by atoms with Crippen LogP contribution in [-0.2, 0) is 9.59 Å². The van der Waals surface area contributed by atoms with E-state index in [9.17, 15) is 14.7 Å². The summed E-state index contributed by atoms with van der Waals surface area (Å²) in [4.78, 5) is 28.1. The quantitative estimate of drug-likeness (QED) is 0.702. The zero-order valence-corrected chi connectivity index (χ0v) is 17.6. The van der Waals surface area contributed by atoms with Crippen molar-refractivity contribution in [1.29, 1.82) is 0 Å². The van der Waals surface area contributed by atoms with Crippen LogP contribution in [0.3, 0.4) is 0 Å². The molecule has 3 rings (SSSR count). The van der Waals surface area contributed by atoms with E-state index >= 15 is 0 Å².